The molecule has 1 rings (SSSR count). The van der Waals surface area contributed by atoms with Crippen LogP contribution in [0.15, 0.2) is 24.8 Å². The largest absolute Gasteiger partial charge is 0.307 e. The van der Waals surface area contributed by atoms with Gasteiger partial charge in [-0.2, -0.15) is 0 Å². The van der Waals surface area contributed by atoms with Crippen molar-refractivity contribution in [3.63, 3.8) is 0 Å². The van der Waals surface area contributed by atoms with Gasteiger partial charge in [0.25, 0.3) is 11.8 Å². The Bertz CT molecular complexity index is 232. The van der Waals surface area contributed by atoms with Crippen molar-refractivity contribution in [1.29, 1.82) is 0 Å². The van der Waals surface area contributed by atoms with Crippen molar-refractivity contribution in [1.82, 2.24) is 4.90 Å². The van der Waals surface area contributed by atoms with E-state index in [1.807, 2.05) is 0 Å². The summed E-state index contributed by atoms with van der Waals surface area (Å²) in [5, 5.41) is 0. The molecule has 1 aliphatic heterocycles. The van der Waals surface area contributed by atoms with Crippen molar-refractivity contribution in [2.45, 2.75) is 6.17 Å². The minimum atomic E-state index is -0.718. The highest BCUT2D eigenvalue weighted by Gasteiger charge is 2.26. The minimum Gasteiger partial charge on any atom is -0.307 e. The maximum Gasteiger partial charge on any atom is 0.255 e. The number of rotatable bonds is 2. The molecule has 12 heavy (non-hydrogen) atoms. The highest BCUT2D eigenvalue weighted by atomic mass is 35.5. The quantitative estimate of drug-likeness (QED) is 0.483. The van der Waals surface area contributed by atoms with Gasteiger partial charge in [0.05, 0.1) is 0 Å². The number of hydrogen-bond donors (Lipinski definition) is 1. The average Bonchev–Trinajstić information content (AvgIpc) is 2.30. The first-order valence-electron chi connectivity index (χ1n) is 3.10. The molecule has 1 unspecified atom stereocenters. The van der Waals surface area contributed by atoms with Gasteiger partial charge in [0.15, 0.2) is 0 Å². The molecule has 2 amide bonds. The van der Waals surface area contributed by atoms with E-state index in [0.717, 1.165) is 4.90 Å². The number of carbonyl (C=O) groups excluding carboxylic acids is 2. The van der Waals surface area contributed by atoms with Crippen molar-refractivity contribution >= 4 is 24.2 Å². The van der Waals surface area contributed by atoms with Crippen LogP contribution in [0.2, 0.25) is 0 Å². The molecular weight excluding hydrogens is 180 g/mol. The molecule has 0 aliphatic carbocycles. The summed E-state index contributed by atoms with van der Waals surface area (Å²) >= 11 is 0. The summed E-state index contributed by atoms with van der Waals surface area (Å²) < 4.78 is 0. The zero-order chi connectivity index (χ0) is 8.43. The van der Waals surface area contributed by atoms with Crippen LogP contribution in [0.3, 0.4) is 0 Å². The predicted molar refractivity (Wildman–Crippen MR) is 46.4 cm³/mol. The van der Waals surface area contributed by atoms with E-state index < -0.39 is 6.17 Å². The lowest BCUT2D eigenvalue weighted by Crippen LogP contribution is -2.44. The number of nitrogens with two attached hydrogens (primary N) is 1. The summed E-state index contributed by atoms with van der Waals surface area (Å²) in [5.74, 6) is -0.773. The van der Waals surface area contributed by atoms with Gasteiger partial charge >= 0.3 is 0 Å². The fourth-order valence-corrected chi connectivity index (χ4v) is 0.811. The molecule has 0 saturated heterocycles. The lowest BCUT2D eigenvalue weighted by molar-refractivity contribution is -0.138. The first kappa shape index (κ1) is 10.9. The van der Waals surface area contributed by atoms with E-state index in [9.17, 15) is 9.59 Å². The van der Waals surface area contributed by atoms with Crippen molar-refractivity contribution < 1.29 is 9.59 Å². The predicted octanol–water partition coefficient (Wildman–Crippen LogP) is -0.196. The highest BCUT2D eigenvalue weighted by Crippen LogP contribution is 2.05. The third-order valence-corrected chi connectivity index (χ3v) is 1.38. The van der Waals surface area contributed by atoms with E-state index in [0.29, 0.717) is 0 Å². The second kappa shape index (κ2) is 4.04. The standard InChI is InChI=1S/C7H8N2O2.ClH/c1-2-5(8)9-6(10)3-4-7(9)11;/h2-5H,1,8H2;1H. The number of halogens is 1. The Hall–Kier alpha value is -1.13. The third-order valence-electron chi connectivity index (χ3n) is 1.38. The second-order valence-electron chi connectivity index (χ2n) is 2.11. The van der Waals surface area contributed by atoms with Crippen LogP contribution < -0.4 is 5.73 Å². The van der Waals surface area contributed by atoms with Gasteiger partial charge < -0.3 is 5.73 Å². The zero-order valence-corrected chi connectivity index (χ0v) is 7.08. The Labute approximate surface area is 76.1 Å². The van der Waals surface area contributed by atoms with E-state index in [1.165, 1.54) is 18.2 Å². The smallest absolute Gasteiger partial charge is 0.255 e. The number of nitrogens with zero attached hydrogens (tertiary/aromatic N) is 1. The minimum absolute atomic E-state index is 0. The molecule has 1 atom stereocenters. The van der Waals surface area contributed by atoms with Crippen LogP contribution in [-0.4, -0.2) is 22.9 Å². The fraction of sp³-hybridized carbons (Fsp3) is 0.143. The Morgan fingerprint density at radius 3 is 2.17 bits per heavy atom. The Morgan fingerprint density at radius 2 is 1.83 bits per heavy atom. The van der Waals surface area contributed by atoms with Crippen LogP contribution in [0, 0.1) is 0 Å². The third kappa shape index (κ3) is 1.72. The molecule has 0 radical (unpaired) electrons. The summed E-state index contributed by atoms with van der Waals surface area (Å²) in [4.78, 5) is 22.7. The van der Waals surface area contributed by atoms with E-state index in [2.05, 4.69) is 6.58 Å². The summed E-state index contributed by atoms with van der Waals surface area (Å²) in [6.45, 7) is 3.38. The normalized spacial score (nSPS) is 17.6. The molecule has 0 aromatic heterocycles. The molecule has 0 saturated carbocycles. The molecular formula is C7H9ClN2O2. The Kier molecular flexibility index (Phi) is 3.66. The molecule has 0 fully saturated rings. The maximum absolute atomic E-state index is 10.9. The van der Waals surface area contributed by atoms with E-state index in [1.54, 1.807) is 0 Å². The molecule has 4 nitrogen and oxygen atoms in total. The molecule has 2 N–H and O–H groups in total. The van der Waals surface area contributed by atoms with Crippen LogP contribution in [0.1, 0.15) is 0 Å². The van der Waals surface area contributed by atoms with Gasteiger partial charge in [-0.1, -0.05) is 12.7 Å². The number of imide groups is 1. The average molecular weight is 189 g/mol. The Morgan fingerprint density at radius 1 is 1.42 bits per heavy atom. The highest BCUT2D eigenvalue weighted by molar-refractivity contribution is 6.13. The lowest BCUT2D eigenvalue weighted by atomic mass is 10.4. The van der Waals surface area contributed by atoms with E-state index >= 15 is 0 Å². The van der Waals surface area contributed by atoms with Crippen molar-refractivity contribution in [3.8, 4) is 0 Å². The maximum atomic E-state index is 10.9. The number of hydrogen-bond acceptors (Lipinski definition) is 3. The monoisotopic (exact) mass is 188 g/mol. The van der Waals surface area contributed by atoms with Crippen LogP contribution in [0.5, 0.6) is 0 Å². The van der Waals surface area contributed by atoms with Gasteiger partial charge in [-0.25, -0.2) is 0 Å². The van der Waals surface area contributed by atoms with Crippen molar-refractivity contribution in [2.24, 2.45) is 5.73 Å². The van der Waals surface area contributed by atoms with E-state index in [4.69, 9.17) is 5.73 Å². The fourth-order valence-electron chi connectivity index (χ4n) is 0.811. The van der Waals surface area contributed by atoms with Crippen molar-refractivity contribution in [2.75, 3.05) is 0 Å². The topological polar surface area (TPSA) is 63.4 Å². The van der Waals surface area contributed by atoms with Gasteiger partial charge in [0, 0.05) is 12.2 Å². The lowest BCUT2D eigenvalue weighted by Gasteiger charge is -2.17. The molecule has 1 heterocycles. The summed E-state index contributed by atoms with van der Waals surface area (Å²) in [7, 11) is 0. The van der Waals surface area contributed by atoms with Gasteiger partial charge in [0.2, 0.25) is 0 Å². The van der Waals surface area contributed by atoms with Gasteiger partial charge in [-0.05, 0) is 0 Å². The van der Waals surface area contributed by atoms with Crippen molar-refractivity contribution in [3.05, 3.63) is 24.8 Å². The molecule has 0 bridgehead atoms. The number of amides is 2. The number of carbonyl (C=O) groups is 2. The van der Waals surface area contributed by atoms with Crippen LogP contribution >= 0.6 is 12.4 Å². The zero-order valence-electron chi connectivity index (χ0n) is 6.27. The molecule has 0 aromatic rings. The summed E-state index contributed by atoms with van der Waals surface area (Å²) in [6, 6.07) is 0. The Balaban J connectivity index is 0.00000121. The first-order chi connectivity index (χ1) is 5.16. The summed E-state index contributed by atoms with van der Waals surface area (Å²) in [6.07, 6.45) is 2.99. The van der Waals surface area contributed by atoms with Crippen LogP contribution in [-0.2, 0) is 9.59 Å². The molecule has 1 aliphatic rings. The molecule has 0 aromatic carbocycles. The van der Waals surface area contributed by atoms with Gasteiger partial charge in [-0.3, -0.25) is 14.5 Å². The van der Waals surface area contributed by atoms with E-state index in [-0.39, 0.29) is 24.2 Å². The van der Waals surface area contributed by atoms with Gasteiger partial charge in [-0.15, -0.1) is 12.4 Å². The SMILES string of the molecule is C=CC(N)N1C(=O)C=CC1=O.Cl. The first-order valence-corrected chi connectivity index (χ1v) is 3.10. The van der Waals surface area contributed by atoms with Gasteiger partial charge in [0.1, 0.15) is 6.17 Å². The summed E-state index contributed by atoms with van der Waals surface area (Å²) in [5.41, 5.74) is 5.39. The van der Waals surface area contributed by atoms with Crippen LogP contribution in [0.4, 0.5) is 0 Å². The molecule has 5 heteroatoms. The second-order valence-corrected chi connectivity index (χ2v) is 2.11. The molecule has 66 valence electrons. The molecule has 0 spiro atoms. The van der Waals surface area contributed by atoms with Crippen LogP contribution in [0.25, 0.3) is 0 Å².